The van der Waals surface area contributed by atoms with Gasteiger partial charge >= 0.3 is 0 Å². The van der Waals surface area contributed by atoms with Crippen LogP contribution in [0.2, 0.25) is 0 Å². The molecule has 0 aliphatic rings. The van der Waals surface area contributed by atoms with E-state index in [2.05, 4.69) is 63.3 Å². The van der Waals surface area contributed by atoms with E-state index >= 15 is 0 Å². The number of ether oxygens (including phenoxy) is 1. The summed E-state index contributed by atoms with van der Waals surface area (Å²) in [6, 6.07) is 17.2. The van der Waals surface area contributed by atoms with Crippen LogP contribution in [0.4, 0.5) is 0 Å². The largest absolute Gasteiger partial charge is 0.486 e. The molecule has 1 unspecified atom stereocenters. The van der Waals surface area contributed by atoms with Crippen LogP contribution >= 0.6 is 0 Å². The highest BCUT2D eigenvalue weighted by molar-refractivity contribution is 5.37. The molecule has 21 heavy (non-hydrogen) atoms. The van der Waals surface area contributed by atoms with Gasteiger partial charge in [0.2, 0.25) is 0 Å². The lowest BCUT2D eigenvalue weighted by atomic mass is 10.1. The lowest BCUT2D eigenvalue weighted by molar-refractivity contribution is 0.224. The Hall–Kier alpha value is -1.80. The third kappa shape index (κ3) is 4.61. The monoisotopic (exact) mass is 283 g/mol. The van der Waals surface area contributed by atoms with E-state index in [4.69, 9.17) is 4.74 Å². The molecule has 1 N–H and O–H groups in total. The zero-order valence-corrected chi connectivity index (χ0v) is 13.4. The first-order valence-corrected chi connectivity index (χ1v) is 7.61. The minimum Gasteiger partial charge on any atom is -0.486 e. The summed E-state index contributed by atoms with van der Waals surface area (Å²) in [6.07, 6.45) is 0.0479. The van der Waals surface area contributed by atoms with E-state index in [0.717, 1.165) is 12.3 Å². The Kier molecular flexibility index (Phi) is 5.40. The Morgan fingerprint density at radius 3 is 2.38 bits per heavy atom. The SMILES string of the molecule is Cc1ccc(OC(C)c2ccccc2)c(CNC(C)C)c1. The van der Waals surface area contributed by atoms with Gasteiger partial charge in [0.1, 0.15) is 11.9 Å². The smallest absolute Gasteiger partial charge is 0.124 e. The number of nitrogens with one attached hydrogen (secondary N) is 1. The molecular weight excluding hydrogens is 258 g/mol. The van der Waals surface area contributed by atoms with Crippen molar-refractivity contribution in [3.63, 3.8) is 0 Å². The first-order chi connectivity index (χ1) is 10.1. The van der Waals surface area contributed by atoms with Crippen LogP contribution in [-0.2, 0) is 6.54 Å². The summed E-state index contributed by atoms with van der Waals surface area (Å²) in [7, 11) is 0. The summed E-state index contributed by atoms with van der Waals surface area (Å²) >= 11 is 0. The fourth-order valence-electron chi connectivity index (χ4n) is 2.26. The first-order valence-electron chi connectivity index (χ1n) is 7.61. The van der Waals surface area contributed by atoms with Gasteiger partial charge in [-0.2, -0.15) is 0 Å². The Morgan fingerprint density at radius 2 is 1.71 bits per heavy atom. The zero-order valence-electron chi connectivity index (χ0n) is 13.4. The van der Waals surface area contributed by atoms with Crippen molar-refractivity contribution in [1.29, 1.82) is 0 Å². The maximum atomic E-state index is 6.18. The summed E-state index contributed by atoms with van der Waals surface area (Å²) in [5.41, 5.74) is 3.67. The van der Waals surface area contributed by atoms with Crippen LogP contribution in [0.25, 0.3) is 0 Å². The van der Waals surface area contributed by atoms with Gasteiger partial charge in [-0.1, -0.05) is 61.9 Å². The van der Waals surface area contributed by atoms with Crippen LogP contribution in [-0.4, -0.2) is 6.04 Å². The maximum absolute atomic E-state index is 6.18. The van der Waals surface area contributed by atoms with Gasteiger partial charge in [0.05, 0.1) is 0 Å². The molecule has 0 spiro atoms. The van der Waals surface area contributed by atoms with Gasteiger partial charge in [-0.15, -0.1) is 0 Å². The molecule has 2 aromatic carbocycles. The highest BCUT2D eigenvalue weighted by Gasteiger charge is 2.10. The van der Waals surface area contributed by atoms with Gasteiger partial charge < -0.3 is 10.1 Å². The third-order valence-corrected chi connectivity index (χ3v) is 3.49. The average Bonchev–Trinajstić information content (AvgIpc) is 2.48. The standard InChI is InChI=1S/C19H25NO/c1-14(2)20-13-18-12-15(3)10-11-19(18)21-16(4)17-8-6-5-7-9-17/h5-12,14,16,20H,13H2,1-4H3. The Balaban J connectivity index is 2.15. The molecule has 0 aliphatic carbocycles. The molecule has 1 atom stereocenters. The molecule has 2 aromatic rings. The highest BCUT2D eigenvalue weighted by atomic mass is 16.5. The van der Waals surface area contributed by atoms with Gasteiger partial charge in [0.15, 0.2) is 0 Å². The van der Waals surface area contributed by atoms with Crippen LogP contribution in [0, 0.1) is 6.92 Å². The minimum atomic E-state index is 0.0479. The predicted octanol–water partition coefficient (Wildman–Crippen LogP) is 4.63. The molecule has 2 rings (SSSR count). The second-order valence-corrected chi connectivity index (χ2v) is 5.82. The number of aryl methyl sites for hydroxylation is 1. The Bertz CT molecular complexity index is 563. The molecular formula is C19H25NO. The Morgan fingerprint density at radius 1 is 1.00 bits per heavy atom. The summed E-state index contributed by atoms with van der Waals surface area (Å²) in [4.78, 5) is 0. The van der Waals surface area contributed by atoms with E-state index in [9.17, 15) is 0 Å². The molecule has 0 saturated carbocycles. The lowest BCUT2D eigenvalue weighted by Crippen LogP contribution is -2.22. The molecule has 0 radical (unpaired) electrons. The predicted molar refractivity (Wildman–Crippen MR) is 88.6 cm³/mol. The van der Waals surface area contributed by atoms with Crippen molar-refractivity contribution < 1.29 is 4.74 Å². The van der Waals surface area contributed by atoms with E-state index in [0.29, 0.717) is 6.04 Å². The van der Waals surface area contributed by atoms with E-state index in [1.807, 2.05) is 18.2 Å². The van der Waals surface area contributed by atoms with Gasteiger partial charge in [-0.25, -0.2) is 0 Å². The highest BCUT2D eigenvalue weighted by Crippen LogP contribution is 2.26. The molecule has 0 bridgehead atoms. The number of benzene rings is 2. The quantitative estimate of drug-likeness (QED) is 0.834. The summed E-state index contributed by atoms with van der Waals surface area (Å²) < 4.78 is 6.18. The van der Waals surface area contributed by atoms with Crippen molar-refractivity contribution in [3.05, 3.63) is 65.2 Å². The van der Waals surface area contributed by atoms with Crippen LogP contribution in [0.3, 0.4) is 0 Å². The Labute approximate surface area is 128 Å². The fraction of sp³-hybridized carbons (Fsp3) is 0.368. The van der Waals surface area contributed by atoms with Crippen LogP contribution < -0.4 is 10.1 Å². The first kappa shape index (κ1) is 15.6. The second-order valence-electron chi connectivity index (χ2n) is 5.82. The molecule has 0 saturated heterocycles. The van der Waals surface area contributed by atoms with Gasteiger partial charge in [-0.05, 0) is 25.5 Å². The van der Waals surface area contributed by atoms with Crippen molar-refractivity contribution >= 4 is 0 Å². The molecule has 0 aromatic heterocycles. The van der Waals surface area contributed by atoms with Gasteiger partial charge in [0.25, 0.3) is 0 Å². The lowest BCUT2D eigenvalue weighted by Gasteiger charge is -2.19. The number of hydrogen-bond donors (Lipinski definition) is 1. The van der Waals surface area contributed by atoms with Gasteiger partial charge in [-0.3, -0.25) is 0 Å². The molecule has 0 aliphatic heterocycles. The summed E-state index contributed by atoms with van der Waals surface area (Å²) in [6.45, 7) is 9.35. The maximum Gasteiger partial charge on any atom is 0.124 e. The van der Waals surface area contributed by atoms with E-state index in [1.165, 1.54) is 16.7 Å². The van der Waals surface area contributed by atoms with Crippen molar-refractivity contribution in [1.82, 2.24) is 5.32 Å². The summed E-state index contributed by atoms with van der Waals surface area (Å²) in [5.74, 6) is 0.963. The average molecular weight is 283 g/mol. The van der Waals surface area contributed by atoms with Crippen LogP contribution in [0.1, 0.15) is 43.6 Å². The van der Waals surface area contributed by atoms with Crippen LogP contribution in [0.15, 0.2) is 48.5 Å². The van der Waals surface area contributed by atoms with Crippen molar-refractivity contribution in [2.75, 3.05) is 0 Å². The molecule has 112 valence electrons. The normalized spacial score (nSPS) is 12.4. The van der Waals surface area contributed by atoms with E-state index < -0.39 is 0 Å². The third-order valence-electron chi connectivity index (χ3n) is 3.49. The summed E-state index contributed by atoms with van der Waals surface area (Å²) in [5, 5.41) is 3.46. The van der Waals surface area contributed by atoms with Gasteiger partial charge in [0, 0.05) is 18.2 Å². The molecule has 2 heteroatoms. The van der Waals surface area contributed by atoms with Crippen molar-refractivity contribution in [3.8, 4) is 5.75 Å². The molecule has 0 fully saturated rings. The minimum absolute atomic E-state index is 0.0479. The molecule has 0 amide bonds. The van der Waals surface area contributed by atoms with E-state index in [-0.39, 0.29) is 6.10 Å². The second kappa shape index (κ2) is 7.28. The van der Waals surface area contributed by atoms with Crippen molar-refractivity contribution in [2.24, 2.45) is 0 Å². The molecule has 2 nitrogen and oxygen atoms in total. The van der Waals surface area contributed by atoms with Crippen LogP contribution in [0.5, 0.6) is 5.75 Å². The van der Waals surface area contributed by atoms with E-state index in [1.54, 1.807) is 0 Å². The topological polar surface area (TPSA) is 21.3 Å². The van der Waals surface area contributed by atoms with Crippen molar-refractivity contribution in [2.45, 2.75) is 46.4 Å². The fourth-order valence-corrected chi connectivity index (χ4v) is 2.26. The number of hydrogen-bond acceptors (Lipinski definition) is 2. The zero-order chi connectivity index (χ0) is 15.2. The molecule has 0 heterocycles. The number of rotatable bonds is 6.